The highest BCUT2D eigenvalue weighted by molar-refractivity contribution is 5.91. The number of nitrogens with zero attached hydrogens (tertiary/aromatic N) is 1. The number of benzene rings is 1. The van der Waals surface area contributed by atoms with E-state index in [4.69, 9.17) is 10.2 Å². The lowest BCUT2D eigenvalue weighted by atomic mass is 10.1. The van der Waals surface area contributed by atoms with E-state index in [2.05, 4.69) is 0 Å². The maximum Gasteiger partial charge on any atom is 0.416 e. The Bertz CT molecular complexity index is 585. The van der Waals surface area contributed by atoms with Gasteiger partial charge in [-0.25, -0.2) is 4.79 Å². The van der Waals surface area contributed by atoms with Crippen molar-refractivity contribution in [2.45, 2.75) is 12.8 Å². The number of hydrogen-bond donors (Lipinski definition) is 2. The van der Waals surface area contributed by atoms with Gasteiger partial charge >= 0.3 is 12.1 Å². The van der Waals surface area contributed by atoms with Crippen LogP contribution >= 0.6 is 0 Å². The fraction of sp³-hybridized carbons (Fsp3) is 0.167. The molecule has 88 valence electrons. The first kappa shape index (κ1) is 11.2. The number of para-hydroxylation sites is 1. The van der Waals surface area contributed by atoms with Gasteiger partial charge in [0, 0.05) is 18.0 Å². The average Bonchev–Trinajstić information content (AvgIpc) is 2.65. The summed E-state index contributed by atoms with van der Waals surface area (Å²) >= 11 is 0. The van der Waals surface area contributed by atoms with Gasteiger partial charge in [-0.2, -0.15) is 0 Å². The molecular weight excluding hydrogens is 222 g/mol. The Kier molecular flexibility index (Phi) is 2.82. The van der Waals surface area contributed by atoms with E-state index < -0.39 is 12.1 Å². The van der Waals surface area contributed by atoms with Crippen LogP contribution in [0.15, 0.2) is 30.5 Å². The summed E-state index contributed by atoms with van der Waals surface area (Å²) in [4.78, 5) is 21.5. The maximum absolute atomic E-state index is 11.0. The van der Waals surface area contributed by atoms with Crippen LogP contribution in [-0.4, -0.2) is 26.8 Å². The van der Waals surface area contributed by atoms with E-state index in [0.29, 0.717) is 11.9 Å². The van der Waals surface area contributed by atoms with Crippen molar-refractivity contribution in [1.29, 1.82) is 0 Å². The van der Waals surface area contributed by atoms with E-state index in [1.54, 1.807) is 24.3 Å². The van der Waals surface area contributed by atoms with Crippen molar-refractivity contribution < 1.29 is 19.8 Å². The molecule has 0 saturated heterocycles. The molecule has 2 rings (SSSR count). The summed E-state index contributed by atoms with van der Waals surface area (Å²) < 4.78 is 1.12. The molecule has 0 bridgehead atoms. The molecule has 0 atom stereocenters. The molecule has 5 heteroatoms. The fourth-order valence-electron chi connectivity index (χ4n) is 1.85. The molecule has 1 aromatic carbocycles. The standard InChI is InChI=1S/C12H11NO4/c14-11(15)6-5-8-7-13(12(16)17)10-4-2-1-3-9(8)10/h1-4,7H,5-6H2,(H,14,15)(H,16,17). The number of aliphatic carboxylic acids is 1. The predicted molar refractivity (Wildman–Crippen MR) is 61.3 cm³/mol. The van der Waals surface area contributed by atoms with E-state index in [1.807, 2.05) is 0 Å². The Morgan fingerprint density at radius 3 is 2.53 bits per heavy atom. The summed E-state index contributed by atoms with van der Waals surface area (Å²) in [5, 5.41) is 18.4. The van der Waals surface area contributed by atoms with Crippen LogP contribution in [0.25, 0.3) is 10.9 Å². The van der Waals surface area contributed by atoms with E-state index in [1.165, 1.54) is 6.20 Å². The number of carboxylic acids is 1. The molecular formula is C12H11NO4. The van der Waals surface area contributed by atoms with Crippen LogP contribution in [0.1, 0.15) is 12.0 Å². The summed E-state index contributed by atoms with van der Waals surface area (Å²) in [6.45, 7) is 0. The van der Waals surface area contributed by atoms with Crippen LogP contribution in [0.4, 0.5) is 4.79 Å². The van der Waals surface area contributed by atoms with Crippen LogP contribution < -0.4 is 0 Å². The summed E-state index contributed by atoms with van der Waals surface area (Å²) in [5.41, 5.74) is 1.32. The Balaban J connectivity index is 2.49. The van der Waals surface area contributed by atoms with E-state index >= 15 is 0 Å². The second-order valence-corrected chi connectivity index (χ2v) is 3.72. The minimum absolute atomic E-state index is 0.00632. The van der Waals surface area contributed by atoms with Gasteiger partial charge < -0.3 is 10.2 Å². The van der Waals surface area contributed by atoms with Crippen LogP contribution in [0, 0.1) is 0 Å². The second-order valence-electron chi connectivity index (χ2n) is 3.72. The molecule has 0 aliphatic heterocycles. The average molecular weight is 233 g/mol. The molecule has 1 aromatic heterocycles. The third kappa shape index (κ3) is 2.13. The summed E-state index contributed by atoms with van der Waals surface area (Å²) in [7, 11) is 0. The van der Waals surface area contributed by atoms with E-state index in [-0.39, 0.29) is 6.42 Å². The largest absolute Gasteiger partial charge is 0.481 e. The molecule has 2 aromatic rings. The first-order valence-electron chi connectivity index (χ1n) is 5.13. The van der Waals surface area contributed by atoms with Crippen LogP contribution in [0.5, 0.6) is 0 Å². The molecule has 0 spiro atoms. The van der Waals surface area contributed by atoms with Gasteiger partial charge in [-0.1, -0.05) is 18.2 Å². The lowest BCUT2D eigenvalue weighted by molar-refractivity contribution is -0.136. The first-order chi connectivity index (χ1) is 8.09. The Morgan fingerprint density at radius 2 is 1.88 bits per heavy atom. The van der Waals surface area contributed by atoms with Gasteiger partial charge in [-0.05, 0) is 18.1 Å². The van der Waals surface area contributed by atoms with Crippen molar-refractivity contribution in [2.24, 2.45) is 0 Å². The number of fused-ring (bicyclic) bond motifs is 1. The van der Waals surface area contributed by atoms with Gasteiger partial charge in [-0.15, -0.1) is 0 Å². The Labute approximate surface area is 96.9 Å². The van der Waals surface area contributed by atoms with E-state index in [0.717, 1.165) is 15.5 Å². The topological polar surface area (TPSA) is 79.5 Å². The highest BCUT2D eigenvalue weighted by Crippen LogP contribution is 2.22. The van der Waals surface area contributed by atoms with Gasteiger partial charge in [0.1, 0.15) is 0 Å². The minimum Gasteiger partial charge on any atom is -0.481 e. The van der Waals surface area contributed by atoms with Crippen molar-refractivity contribution in [3.63, 3.8) is 0 Å². The number of carbonyl (C=O) groups is 2. The zero-order valence-electron chi connectivity index (χ0n) is 8.96. The molecule has 0 fully saturated rings. The molecule has 0 aliphatic carbocycles. The molecule has 0 radical (unpaired) electrons. The van der Waals surface area contributed by atoms with Crippen molar-refractivity contribution in [3.05, 3.63) is 36.0 Å². The van der Waals surface area contributed by atoms with Gasteiger partial charge in [-0.3, -0.25) is 9.36 Å². The quantitative estimate of drug-likeness (QED) is 0.851. The maximum atomic E-state index is 11.0. The smallest absolute Gasteiger partial charge is 0.416 e. The number of hydrogen-bond acceptors (Lipinski definition) is 2. The molecule has 1 heterocycles. The molecule has 2 N–H and O–H groups in total. The van der Waals surface area contributed by atoms with Crippen molar-refractivity contribution >= 4 is 23.0 Å². The highest BCUT2D eigenvalue weighted by Gasteiger charge is 2.12. The number of aromatic nitrogens is 1. The van der Waals surface area contributed by atoms with Crippen molar-refractivity contribution in [3.8, 4) is 0 Å². The fourth-order valence-corrected chi connectivity index (χ4v) is 1.85. The summed E-state index contributed by atoms with van der Waals surface area (Å²) in [6, 6.07) is 7.06. The SMILES string of the molecule is O=C(O)CCc1cn(C(=O)O)c2ccccc12. The Hall–Kier alpha value is -2.30. The third-order valence-electron chi connectivity index (χ3n) is 2.61. The monoisotopic (exact) mass is 233 g/mol. The number of carboxylic acid groups (broad SMARTS) is 2. The first-order valence-corrected chi connectivity index (χ1v) is 5.13. The van der Waals surface area contributed by atoms with Crippen LogP contribution in [0.3, 0.4) is 0 Å². The van der Waals surface area contributed by atoms with Gasteiger partial charge in [0.15, 0.2) is 0 Å². The number of rotatable bonds is 3. The Morgan fingerprint density at radius 1 is 1.18 bits per heavy atom. The summed E-state index contributed by atoms with van der Waals surface area (Å²) in [6.07, 6.45) is 0.738. The lowest BCUT2D eigenvalue weighted by Crippen LogP contribution is -2.05. The van der Waals surface area contributed by atoms with Crippen molar-refractivity contribution in [1.82, 2.24) is 4.57 Å². The third-order valence-corrected chi connectivity index (χ3v) is 2.61. The normalized spacial score (nSPS) is 10.6. The van der Waals surface area contributed by atoms with Gasteiger partial charge in [0.25, 0.3) is 0 Å². The molecule has 0 unspecified atom stereocenters. The predicted octanol–water partition coefficient (Wildman–Crippen LogP) is 2.18. The van der Waals surface area contributed by atoms with Gasteiger partial charge in [0.2, 0.25) is 0 Å². The zero-order valence-corrected chi connectivity index (χ0v) is 8.96. The molecule has 0 saturated carbocycles. The second kappa shape index (κ2) is 4.29. The van der Waals surface area contributed by atoms with Gasteiger partial charge in [0.05, 0.1) is 5.52 Å². The van der Waals surface area contributed by atoms with Crippen LogP contribution in [-0.2, 0) is 11.2 Å². The zero-order chi connectivity index (χ0) is 12.4. The molecule has 0 amide bonds. The highest BCUT2D eigenvalue weighted by atomic mass is 16.4. The van der Waals surface area contributed by atoms with E-state index in [9.17, 15) is 9.59 Å². The molecule has 17 heavy (non-hydrogen) atoms. The van der Waals surface area contributed by atoms with Crippen molar-refractivity contribution in [2.75, 3.05) is 0 Å². The summed E-state index contributed by atoms with van der Waals surface area (Å²) in [5.74, 6) is -0.892. The molecule has 0 aliphatic rings. The minimum atomic E-state index is -1.07. The lowest BCUT2D eigenvalue weighted by Gasteiger charge is -1.95. The molecule has 5 nitrogen and oxygen atoms in total. The number of aryl methyl sites for hydroxylation is 1. The van der Waals surface area contributed by atoms with Crippen LogP contribution in [0.2, 0.25) is 0 Å².